The molecule has 1 amide bonds. The second-order valence-corrected chi connectivity index (χ2v) is 5.06. The Morgan fingerprint density at radius 3 is 2.80 bits per heavy atom. The van der Waals surface area contributed by atoms with Crippen LogP contribution in [0.3, 0.4) is 0 Å². The lowest BCUT2D eigenvalue weighted by molar-refractivity contribution is -0.126. The van der Waals surface area contributed by atoms with Crippen molar-refractivity contribution in [2.45, 2.75) is 25.5 Å². The minimum absolute atomic E-state index is 0.00143. The van der Waals surface area contributed by atoms with E-state index in [0.29, 0.717) is 19.6 Å². The monoisotopic (exact) mass is 276 g/mol. The van der Waals surface area contributed by atoms with E-state index in [-0.39, 0.29) is 24.2 Å². The molecular formula is C15H20N2O3. The van der Waals surface area contributed by atoms with E-state index in [9.17, 15) is 9.59 Å². The normalized spacial score (nSPS) is 19.6. The Hall–Kier alpha value is -1.72. The first-order chi connectivity index (χ1) is 9.66. The molecule has 3 N–H and O–H groups in total. The zero-order valence-electron chi connectivity index (χ0n) is 11.4. The van der Waals surface area contributed by atoms with Crippen LogP contribution in [0.15, 0.2) is 30.3 Å². The van der Waals surface area contributed by atoms with Crippen LogP contribution >= 0.6 is 0 Å². The third-order valence-corrected chi connectivity index (χ3v) is 3.47. The highest BCUT2D eigenvalue weighted by atomic mass is 16.5. The third kappa shape index (κ3) is 4.15. The predicted molar refractivity (Wildman–Crippen MR) is 74.8 cm³/mol. The summed E-state index contributed by atoms with van der Waals surface area (Å²) in [6, 6.07) is 9.02. The molecule has 0 aromatic heterocycles. The van der Waals surface area contributed by atoms with Crippen molar-refractivity contribution in [2.75, 3.05) is 13.2 Å². The van der Waals surface area contributed by atoms with E-state index in [2.05, 4.69) is 5.32 Å². The van der Waals surface area contributed by atoms with Gasteiger partial charge in [-0.25, -0.2) is 0 Å². The van der Waals surface area contributed by atoms with E-state index < -0.39 is 6.04 Å². The molecule has 1 aromatic carbocycles. The summed E-state index contributed by atoms with van der Waals surface area (Å²) in [5.41, 5.74) is 6.85. The summed E-state index contributed by atoms with van der Waals surface area (Å²) in [5.74, 6) is -0.290. The summed E-state index contributed by atoms with van der Waals surface area (Å²) in [4.78, 5) is 23.3. The van der Waals surface area contributed by atoms with Crippen molar-refractivity contribution in [2.24, 2.45) is 11.7 Å². The summed E-state index contributed by atoms with van der Waals surface area (Å²) >= 11 is 0. The van der Waals surface area contributed by atoms with Crippen LogP contribution in [0.4, 0.5) is 0 Å². The topological polar surface area (TPSA) is 81.4 Å². The quantitative estimate of drug-likeness (QED) is 0.765. The van der Waals surface area contributed by atoms with Crippen LogP contribution in [-0.4, -0.2) is 30.9 Å². The van der Waals surface area contributed by atoms with Crippen molar-refractivity contribution in [1.29, 1.82) is 0 Å². The number of ketones is 1. The van der Waals surface area contributed by atoms with Gasteiger partial charge < -0.3 is 15.8 Å². The van der Waals surface area contributed by atoms with Crippen LogP contribution in [0.1, 0.15) is 18.4 Å². The lowest BCUT2D eigenvalue weighted by Gasteiger charge is -2.13. The SMILES string of the molecule is NC(CC1CCNC1=O)C(=O)COCc1ccccc1. The Morgan fingerprint density at radius 2 is 2.15 bits per heavy atom. The molecule has 0 spiro atoms. The maximum atomic E-state index is 11.8. The maximum absolute atomic E-state index is 11.8. The fourth-order valence-electron chi connectivity index (χ4n) is 2.26. The first kappa shape index (κ1) is 14.7. The number of benzene rings is 1. The van der Waals surface area contributed by atoms with E-state index in [0.717, 1.165) is 12.0 Å². The van der Waals surface area contributed by atoms with E-state index in [1.165, 1.54) is 0 Å². The third-order valence-electron chi connectivity index (χ3n) is 3.47. The van der Waals surface area contributed by atoms with Crippen molar-refractivity contribution in [1.82, 2.24) is 5.32 Å². The number of ether oxygens (including phenoxy) is 1. The lowest BCUT2D eigenvalue weighted by atomic mass is 9.97. The van der Waals surface area contributed by atoms with Gasteiger partial charge in [0.05, 0.1) is 12.6 Å². The van der Waals surface area contributed by atoms with Crippen LogP contribution in [0.25, 0.3) is 0 Å². The largest absolute Gasteiger partial charge is 0.369 e. The molecule has 0 radical (unpaired) electrons. The minimum Gasteiger partial charge on any atom is -0.369 e. The number of hydrogen-bond donors (Lipinski definition) is 2. The van der Waals surface area contributed by atoms with Crippen molar-refractivity contribution >= 4 is 11.7 Å². The lowest BCUT2D eigenvalue weighted by Crippen LogP contribution is -2.36. The summed E-state index contributed by atoms with van der Waals surface area (Å²) in [6.07, 6.45) is 1.16. The van der Waals surface area contributed by atoms with Crippen LogP contribution in [-0.2, 0) is 20.9 Å². The number of hydrogen-bond acceptors (Lipinski definition) is 4. The van der Waals surface area contributed by atoms with Gasteiger partial charge in [0.15, 0.2) is 5.78 Å². The summed E-state index contributed by atoms with van der Waals surface area (Å²) in [7, 11) is 0. The van der Waals surface area contributed by atoms with Gasteiger partial charge in [-0.1, -0.05) is 30.3 Å². The number of amides is 1. The Balaban J connectivity index is 1.70. The molecule has 1 aliphatic rings. The van der Waals surface area contributed by atoms with E-state index >= 15 is 0 Å². The fraction of sp³-hybridized carbons (Fsp3) is 0.467. The number of carbonyl (C=O) groups is 2. The molecule has 1 aromatic rings. The smallest absolute Gasteiger partial charge is 0.223 e. The minimum atomic E-state index is -0.625. The molecule has 1 heterocycles. The number of carbonyl (C=O) groups excluding carboxylic acids is 2. The van der Waals surface area contributed by atoms with Gasteiger partial charge in [-0.3, -0.25) is 9.59 Å². The molecule has 1 aliphatic heterocycles. The summed E-state index contributed by atoms with van der Waals surface area (Å²) in [5, 5.41) is 2.74. The van der Waals surface area contributed by atoms with Crippen LogP contribution in [0.2, 0.25) is 0 Å². The van der Waals surface area contributed by atoms with Crippen LogP contribution < -0.4 is 11.1 Å². The first-order valence-electron chi connectivity index (χ1n) is 6.84. The van der Waals surface area contributed by atoms with Gasteiger partial charge >= 0.3 is 0 Å². The molecule has 5 nitrogen and oxygen atoms in total. The number of nitrogens with two attached hydrogens (primary N) is 1. The predicted octanol–water partition coefficient (Wildman–Crippen LogP) is 0.626. The van der Waals surface area contributed by atoms with Gasteiger partial charge in [0.1, 0.15) is 6.61 Å². The highest BCUT2D eigenvalue weighted by Gasteiger charge is 2.28. The van der Waals surface area contributed by atoms with Gasteiger partial charge in [-0.2, -0.15) is 0 Å². The van der Waals surface area contributed by atoms with Gasteiger partial charge in [-0.05, 0) is 18.4 Å². The highest BCUT2D eigenvalue weighted by Crippen LogP contribution is 2.15. The second-order valence-electron chi connectivity index (χ2n) is 5.06. The zero-order valence-corrected chi connectivity index (χ0v) is 11.4. The average Bonchev–Trinajstić information content (AvgIpc) is 2.85. The molecule has 0 aliphatic carbocycles. The molecular weight excluding hydrogens is 256 g/mol. The molecule has 2 rings (SSSR count). The first-order valence-corrected chi connectivity index (χ1v) is 6.84. The second kappa shape index (κ2) is 7.17. The molecule has 2 atom stereocenters. The fourth-order valence-corrected chi connectivity index (χ4v) is 2.26. The highest BCUT2D eigenvalue weighted by molar-refractivity contribution is 5.86. The number of nitrogens with one attached hydrogen (secondary N) is 1. The van der Waals surface area contributed by atoms with Gasteiger partial charge in [0, 0.05) is 12.5 Å². The van der Waals surface area contributed by atoms with Gasteiger partial charge in [-0.15, -0.1) is 0 Å². The Bertz CT molecular complexity index is 461. The van der Waals surface area contributed by atoms with Crippen molar-refractivity contribution in [3.63, 3.8) is 0 Å². The zero-order chi connectivity index (χ0) is 14.4. The van der Waals surface area contributed by atoms with Gasteiger partial charge in [0.2, 0.25) is 5.91 Å². The molecule has 0 saturated carbocycles. The Morgan fingerprint density at radius 1 is 1.40 bits per heavy atom. The van der Waals surface area contributed by atoms with Crippen molar-refractivity contribution in [3.05, 3.63) is 35.9 Å². The maximum Gasteiger partial charge on any atom is 0.223 e. The van der Waals surface area contributed by atoms with Crippen LogP contribution in [0.5, 0.6) is 0 Å². The molecule has 1 saturated heterocycles. The summed E-state index contributed by atoms with van der Waals surface area (Å²) < 4.78 is 5.36. The van der Waals surface area contributed by atoms with Crippen molar-refractivity contribution < 1.29 is 14.3 Å². The summed E-state index contributed by atoms with van der Waals surface area (Å²) in [6.45, 7) is 1.06. The van der Waals surface area contributed by atoms with Crippen LogP contribution in [0, 0.1) is 5.92 Å². The average molecular weight is 276 g/mol. The molecule has 1 fully saturated rings. The van der Waals surface area contributed by atoms with Crippen molar-refractivity contribution in [3.8, 4) is 0 Å². The Labute approximate surface area is 118 Å². The molecule has 108 valence electrons. The molecule has 2 unspecified atom stereocenters. The number of rotatable bonds is 7. The van der Waals surface area contributed by atoms with E-state index in [4.69, 9.17) is 10.5 Å². The standard InChI is InChI=1S/C15H20N2O3/c16-13(8-12-6-7-17-15(12)19)14(18)10-20-9-11-4-2-1-3-5-11/h1-5,12-13H,6-10,16H2,(H,17,19). The molecule has 0 bridgehead atoms. The molecule has 20 heavy (non-hydrogen) atoms. The van der Waals surface area contributed by atoms with E-state index in [1.54, 1.807) is 0 Å². The molecule has 5 heteroatoms. The van der Waals surface area contributed by atoms with E-state index in [1.807, 2.05) is 30.3 Å². The number of Topliss-reactive ketones (excluding diaryl/α,β-unsaturated/α-hetero) is 1. The van der Waals surface area contributed by atoms with Gasteiger partial charge in [0.25, 0.3) is 0 Å². The Kier molecular flexibility index (Phi) is 5.26.